The van der Waals surface area contributed by atoms with E-state index in [4.69, 9.17) is 33.7 Å². The monoisotopic (exact) mass is 373 g/mol. The van der Waals surface area contributed by atoms with Gasteiger partial charge in [0.25, 0.3) is 0 Å². The minimum atomic E-state index is -0.222. The van der Waals surface area contributed by atoms with Crippen molar-refractivity contribution < 1.29 is 4.74 Å². The summed E-state index contributed by atoms with van der Waals surface area (Å²) < 4.78 is 6.16. The second-order valence-corrected chi connectivity index (χ2v) is 6.18. The normalized spacial score (nSPS) is 12.2. The fourth-order valence-electron chi connectivity index (χ4n) is 2.01. The Morgan fingerprint density at radius 1 is 1.20 bits per heavy atom. The molecule has 2 aromatic carbocycles. The number of hydrogen-bond donors (Lipinski definition) is 1. The molecule has 5 heteroatoms. The van der Waals surface area contributed by atoms with E-state index in [2.05, 4.69) is 15.9 Å². The highest BCUT2D eigenvalue weighted by atomic mass is 79.9. The summed E-state index contributed by atoms with van der Waals surface area (Å²) in [5.41, 5.74) is 8.19. The molecule has 0 radical (unpaired) electrons. The van der Waals surface area contributed by atoms with Crippen LogP contribution in [-0.4, -0.2) is 7.11 Å². The van der Waals surface area contributed by atoms with E-state index in [0.29, 0.717) is 22.2 Å². The topological polar surface area (TPSA) is 35.2 Å². The highest BCUT2D eigenvalue weighted by Gasteiger charge is 2.14. The lowest BCUT2D eigenvalue weighted by Crippen LogP contribution is -2.14. The quantitative estimate of drug-likeness (QED) is 0.816. The van der Waals surface area contributed by atoms with Crippen LogP contribution in [0, 0.1) is 0 Å². The molecular weight excluding hydrogens is 361 g/mol. The Morgan fingerprint density at radius 3 is 2.60 bits per heavy atom. The first-order chi connectivity index (χ1) is 9.51. The minimum Gasteiger partial charge on any atom is -0.495 e. The molecule has 2 nitrogen and oxygen atoms in total. The smallest absolute Gasteiger partial charge is 0.138 e. The van der Waals surface area contributed by atoms with E-state index in [1.165, 1.54) is 0 Å². The van der Waals surface area contributed by atoms with Crippen molar-refractivity contribution in [3.05, 3.63) is 62.0 Å². The molecule has 1 atom stereocenters. The van der Waals surface area contributed by atoms with E-state index < -0.39 is 0 Å². The molecule has 0 spiro atoms. The lowest BCUT2D eigenvalue weighted by molar-refractivity contribution is 0.415. The van der Waals surface area contributed by atoms with Gasteiger partial charge in [0, 0.05) is 21.6 Å². The van der Waals surface area contributed by atoms with Gasteiger partial charge in [0.1, 0.15) is 5.75 Å². The van der Waals surface area contributed by atoms with E-state index in [1.807, 2.05) is 24.3 Å². The minimum absolute atomic E-state index is 0.222. The molecule has 1 unspecified atom stereocenters. The molecule has 0 amide bonds. The number of methoxy groups -OCH3 is 1. The van der Waals surface area contributed by atoms with Crippen LogP contribution in [-0.2, 0) is 6.42 Å². The number of benzene rings is 2. The van der Waals surface area contributed by atoms with Crippen molar-refractivity contribution in [2.45, 2.75) is 12.5 Å². The van der Waals surface area contributed by atoms with Crippen LogP contribution in [0.4, 0.5) is 0 Å². The van der Waals surface area contributed by atoms with Gasteiger partial charge in [-0.3, -0.25) is 0 Å². The molecule has 0 heterocycles. The van der Waals surface area contributed by atoms with Crippen LogP contribution in [0.2, 0.25) is 10.0 Å². The Kier molecular flexibility index (Phi) is 5.33. The highest BCUT2D eigenvalue weighted by molar-refractivity contribution is 9.10. The van der Waals surface area contributed by atoms with Gasteiger partial charge in [-0.05, 0) is 35.7 Å². The standard InChI is InChI=1S/C15H14BrCl2NO/c1-20-15-8-12(17)11(7-13(15)18)14(19)6-9-3-2-4-10(16)5-9/h2-5,7-8,14H,6,19H2,1H3. The summed E-state index contributed by atoms with van der Waals surface area (Å²) in [5.74, 6) is 0.551. The van der Waals surface area contributed by atoms with Gasteiger partial charge < -0.3 is 10.5 Å². The van der Waals surface area contributed by atoms with Crippen LogP contribution in [0.3, 0.4) is 0 Å². The van der Waals surface area contributed by atoms with Crippen molar-refractivity contribution in [1.29, 1.82) is 0 Å². The van der Waals surface area contributed by atoms with E-state index in [1.54, 1.807) is 19.2 Å². The first-order valence-electron chi connectivity index (χ1n) is 6.04. The van der Waals surface area contributed by atoms with E-state index in [9.17, 15) is 0 Å². The molecule has 20 heavy (non-hydrogen) atoms. The molecule has 0 aliphatic rings. The van der Waals surface area contributed by atoms with Crippen molar-refractivity contribution in [1.82, 2.24) is 0 Å². The van der Waals surface area contributed by atoms with Gasteiger partial charge in [-0.15, -0.1) is 0 Å². The van der Waals surface area contributed by atoms with Crippen LogP contribution < -0.4 is 10.5 Å². The molecule has 0 aliphatic carbocycles. The van der Waals surface area contributed by atoms with Gasteiger partial charge in [0.05, 0.1) is 12.1 Å². The first-order valence-corrected chi connectivity index (χ1v) is 7.59. The predicted octanol–water partition coefficient (Wildman–Crippen LogP) is 5.01. The molecule has 106 valence electrons. The second-order valence-electron chi connectivity index (χ2n) is 4.45. The third-order valence-corrected chi connectivity index (χ3v) is 4.13. The summed E-state index contributed by atoms with van der Waals surface area (Å²) in [4.78, 5) is 0. The summed E-state index contributed by atoms with van der Waals surface area (Å²) >= 11 is 15.8. The molecule has 0 fully saturated rings. The van der Waals surface area contributed by atoms with E-state index in [-0.39, 0.29) is 6.04 Å². The number of rotatable bonds is 4. The maximum absolute atomic E-state index is 6.24. The third kappa shape index (κ3) is 3.67. The second kappa shape index (κ2) is 6.81. The molecule has 2 N–H and O–H groups in total. The van der Waals surface area contributed by atoms with E-state index >= 15 is 0 Å². The SMILES string of the molecule is COc1cc(Cl)c(C(N)Cc2cccc(Br)c2)cc1Cl. The molecule has 0 saturated carbocycles. The van der Waals surface area contributed by atoms with Crippen LogP contribution in [0.15, 0.2) is 40.9 Å². The van der Waals surface area contributed by atoms with Gasteiger partial charge in [0.15, 0.2) is 0 Å². The summed E-state index contributed by atoms with van der Waals surface area (Å²) in [6, 6.07) is 11.3. The summed E-state index contributed by atoms with van der Waals surface area (Å²) in [6.45, 7) is 0. The molecule has 2 aromatic rings. The number of ether oxygens (including phenoxy) is 1. The predicted molar refractivity (Wildman–Crippen MR) is 87.8 cm³/mol. The summed E-state index contributed by atoms with van der Waals surface area (Å²) in [5, 5.41) is 1.07. The Morgan fingerprint density at radius 2 is 1.95 bits per heavy atom. The first kappa shape index (κ1) is 15.6. The molecule has 0 saturated heterocycles. The number of halogens is 3. The van der Waals surface area contributed by atoms with Crippen molar-refractivity contribution in [2.75, 3.05) is 7.11 Å². The van der Waals surface area contributed by atoms with Crippen LogP contribution >= 0.6 is 39.1 Å². The zero-order chi connectivity index (χ0) is 14.7. The van der Waals surface area contributed by atoms with Crippen molar-refractivity contribution in [2.24, 2.45) is 5.73 Å². The highest BCUT2D eigenvalue weighted by Crippen LogP contribution is 2.34. The van der Waals surface area contributed by atoms with Crippen LogP contribution in [0.25, 0.3) is 0 Å². The maximum atomic E-state index is 6.24. The Balaban J connectivity index is 2.25. The number of nitrogens with two attached hydrogens (primary N) is 1. The zero-order valence-electron chi connectivity index (χ0n) is 10.9. The Hall–Kier alpha value is -0.740. The van der Waals surface area contributed by atoms with Crippen molar-refractivity contribution in [3.63, 3.8) is 0 Å². The van der Waals surface area contributed by atoms with Gasteiger partial charge in [0.2, 0.25) is 0 Å². The van der Waals surface area contributed by atoms with Gasteiger partial charge in [-0.25, -0.2) is 0 Å². The van der Waals surface area contributed by atoms with E-state index in [0.717, 1.165) is 15.6 Å². The molecule has 2 rings (SSSR count). The van der Waals surface area contributed by atoms with Crippen LogP contribution in [0.5, 0.6) is 5.75 Å². The van der Waals surface area contributed by atoms with Gasteiger partial charge in [-0.2, -0.15) is 0 Å². The molecule has 0 aromatic heterocycles. The van der Waals surface area contributed by atoms with Crippen LogP contribution in [0.1, 0.15) is 17.2 Å². The number of hydrogen-bond acceptors (Lipinski definition) is 2. The van der Waals surface area contributed by atoms with Gasteiger partial charge in [-0.1, -0.05) is 51.3 Å². The van der Waals surface area contributed by atoms with Crippen molar-refractivity contribution in [3.8, 4) is 5.75 Å². The van der Waals surface area contributed by atoms with Gasteiger partial charge >= 0.3 is 0 Å². The Labute approximate surface area is 137 Å². The summed E-state index contributed by atoms with van der Waals surface area (Å²) in [7, 11) is 1.55. The average molecular weight is 375 g/mol. The summed E-state index contributed by atoms with van der Waals surface area (Å²) in [6.07, 6.45) is 0.682. The zero-order valence-corrected chi connectivity index (χ0v) is 14.0. The Bertz CT molecular complexity index is 619. The maximum Gasteiger partial charge on any atom is 0.138 e. The lowest BCUT2D eigenvalue weighted by Gasteiger charge is -2.16. The molecule has 0 bridgehead atoms. The third-order valence-electron chi connectivity index (χ3n) is 3.02. The molecule has 0 aliphatic heterocycles. The average Bonchev–Trinajstić information content (AvgIpc) is 2.40. The fraction of sp³-hybridized carbons (Fsp3) is 0.200. The fourth-order valence-corrected chi connectivity index (χ4v) is 3.00. The largest absolute Gasteiger partial charge is 0.495 e. The van der Waals surface area contributed by atoms with Crippen molar-refractivity contribution >= 4 is 39.1 Å². The molecular formula is C15H14BrCl2NO. The lowest BCUT2D eigenvalue weighted by atomic mass is 9.99.